The number of fused-ring (bicyclic) bond motifs is 4. The SMILES string of the molecule is COc1cc(-c2c3c[nH][nH]c3nc3c2oc2c(O)c(=O)ccc23)ccc1OCCc1ccccc1. The summed E-state index contributed by atoms with van der Waals surface area (Å²) >= 11 is 0. The Kier molecular flexibility index (Phi) is 4.92. The molecular formula is C27H21N3O5. The van der Waals surface area contributed by atoms with Crippen LogP contribution in [0.1, 0.15) is 5.56 Å². The van der Waals surface area contributed by atoms with Gasteiger partial charge in [-0.25, -0.2) is 4.98 Å². The minimum Gasteiger partial charge on any atom is -0.502 e. The van der Waals surface area contributed by atoms with E-state index in [1.807, 2.05) is 36.4 Å². The normalized spacial score (nSPS) is 11.5. The molecule has 0 aliphatic rings. The minimum atomic E-state index is -0.504. The summed E-state index contributed by atoms with van der Waals surface area (Å²) in [6, 6.07) is 18.7. The fourth-order valence-electron chi connectivity index (χ4n) is 4.37. The first kappa shape index (κ1) is 20.9. The Morgan fingerprint density at radius 2 is 1.86 bits per heavy atom. The Balaban J connectivity index is 1.46. The van der Waals surface area contributed by atoms with E-state index in [0.29, 0.717) is 40.2 Å². The summed E-state index contributed by atoms with van der Waals surface area (Å²) in [5.41, 5.74) is 3.98. The molecule has 174 valence electrons. The topological polar surface area (TPSA) is 113 Å². The van der Waals surface area contributed by atoms with Gasteiger partial charge >= 0.3 is 0 Å². The quantitative estimate of drug-likeness (QED) is 0.312. The molecule has 0 bridgehead atoms. The number of rotatable bonds is 6. The second-order valence-electron chi connectivity index (χ2n) is 8.18. The van der Waals surface area contributed by atoms with Crippen LogP contribution in [0.25, 0.3) is 44.2 Å². The highest BCUT2D eigenvalue weighted by molar-refractivity contribution is 6.15. The monoisotopic (exact) mass is 467 g/mol. The molecule has 0 aliphatic carbocycles. The zero-order chi connectivity index (χ0) is 23.9. The van der Waals surface area contributed by atoms with Crippen LogP contribution in [0.2, 0.25) is 0 Å². The number of hydrogen-bond donors (Lipinski definition) is 3. The van der Waals surface area contributed by atoms with Crippen LogP contribution >= 0.6 is 0 Å². The number of ether oxygens (including phenoxy) is 2. The van der Waals surface area contributed by atoms with Crippen LogP contribution in [0.5, 0.6) is 17.2 Å². The van der Waals surface area contributed by atoms with Crippen LogP contribution in [0.3, 0.4) is 0 Å². The van der Waals surface area contributed by atoms with Gasteiger partial charge in [-0.15, -0.1) is 0 Å². The van der Waals surface area contributed by atoms with E-state index in [0.717, 1.165) is 22.9 Å². The second kappa shape index (κ2) is 8.25. The fraction of sp³-hybridized carbons (Fsp3) is 0.111. The van der Waals surface area contributed by atoms with E-state index in [1.165, 1.54) is 11.6 Å². The zero-order valence-electron chi connectivity index (χ0n) is 18.8. The maximum absolute atomic E-state index is 12.0. The van der Waals surface area contributed by atoms with Gasteiger partial charge in [-0.05, 0) is 35.4 Å². The van der Waals surface area contributed by atoms with Crippen molar-refractivity contribution >= 4 is 33.1 Å². The van der Waals surface area contributed by atoms with Crippen LogP contribution < -0.4 is 14.9 Å². The van der Waals surface area contributed by atoms with Crippen molar-refractivity contribution in [2.45, 2.75) is 6.42 Å². The largest absolute Gasteiger partial charge is 0.502 e. The third-order valence-electron chi connectivity index (χ3n) is 6.09. The molecule has 0 spiro atoms. The van der Waals surface area contributed by atoms with Crippen molar-refractivity contribution in [3.8, 4) is 28.4 Å². The van der Waals surface area contributed by atoms with E-state index in [1.54, 1.807) is 19.4 Å². The van der Waals surface area contributed by atoms with E-state index < -0.39 is 11.2 Å². The van der Waals surface area contributed by atoms with Gasteiger partial charge in [-0.1, -0.05) is 36.4 Å². The highest BCUT2D eigenvalue weighted by Gasteiger charge is 2.22. The van der Waals surface area contributed by atoms with Crippen LogP contribution in [0, 0.1) is 0 Å². The molecule has 8 nitrogen and oxygen atoms in total. The molecule has 35 heavy (non-hydrogen) atoms. The van der Waals surface area contributed by atoms with Crippen molar-refractivity contribution in [3.63, 3.8) is 0 Å². The lowest BCUT2D eigenvalue weighted by atomic mass is 10.0. The molecular weight excluding hydrogens is 446 g/mol. The molecule has 8 heteroatoms. The second-order valence-corrected chi connectivity index (χ2v) is 8.18. The summed E-state index contributed by atoms with van der Waals surface area (Å²) < 4.78 is 17.7. The number of nitrogens with one attached hydrogen (secondary N) is 2. The highest BCUT2D eigenvalue weighted by atomic mass is 16.5. The third kappa shape index (κ3) is 3.47. The van der Waals surface area contributed by atoms with Crippen LogP contribution in [0.15, 0.2) is 76.1 Å². The van der Waals surface area contributed by atoms with E-state index in [2.05, 4.69) is 27.3 Å². The molecule has 0 atom stereocenters. The van der Waals surface area contributed by atoms with Crippen molar-refractivity contribution in [1.82, 2.24) is 15.2 Å². The number of methoxy groups -OCH3 is 1. The van der Waals surface area contributed by atoms with Gasteiger partial charge in [0.1, 0.15) is 5.52 Å². The number of phenols is 1. The van der Waals surface area contributed by atoms with Crippen molar-refractivity contribution in [1.29, 1.82) is 0 Å². The first-order valence-corrected chi connectivity index (χ1v) is 11.1. The predicted octanol–water partition coefficient (Wildman–Crippen LogP) is 5.15. The lowest BCUT2D eigenvalue weighted by Gasteiger charge is -2.13. The molecule has 3 aromatic carbocycles. The van der Waals surface area contributed by atoms with Crippen LogP contribution in [-0.2, 0) is 6.42 Å². The Hall–Kier alpha value is -4.72. The molecule has 0 aliphatic heterocycles. The number of nitrogens with zero attached hydrogens (tertiary/aromatic N) is 1. The molecule has 0 saturated heterocycles. The van der Waals surface area contributed by atoms with E-state index in [9.17, 15) is 9.90 Å². The summed E-state index contributed by atoms with van der Waals surface area (Å²) in [7, 11) is 1.60. The lowest BCUT2D eigenvalue weighted by molar-refractivity contribution is 0.298. The van der Waals surface area contributed by atoms with Crippen molar-refractivity contribution in [3.05, 3.63) is 82.6 Å². The Labute approximate surface area is 198 Å². The van der Waals surface area contributed by atoms with Gasteiger partial charge < -0.3 is 24.1 Å². The summed E-state index contributed by atoms with van der Waals surface area (Å²) in [4.78, 5) is 16.6. The van der Waals surface area contributed by atoms with Gasteiger partial charge in [0.05, 0.1) is 19.1 Å². The van der Waals surface area contributed by atoms with E-state index >= 15 is 0 Å². The number of aromatic nitrogens is 3. The first-order chi connectivity index (χ1) is 17.1. The van der Waals surface area contributed by atoms with Crippen molar-refractivity contribution < 1.29 is 19.0 Å². The van der Waals surface area contributed by atoms with Gasteiger partial charge in [0.25, 0.3) is 0 Å². The average molecular weight is 467 g/mol. The minimum absolute atomic E-state index is 0.116. The summed E-state index contributed by atoms with van der Waals surface area (Å²) in [6.07, 6.45) is 2.57. The predicted molar refractivity (Wildman–Crippen MR) is 133 cm³/mol. The molecule has 0 radical (unpaired) electrons. The number of furan rings is 1. The third-order valence-corrected chi connectivity index (χ3v) is 6.09. The zero-order valence-corrected chi connectivity index (χ0v) is 18.8. The van der Waals surface area contributed by atoms with Gasteiger partial charge in [-0.3, -0.25) is 9.89 Å². The Morgan fingerprint density at radius 1 is 1.00 bits per heavy atom. The number of benzene rings is 3. The number of pyridine rings is 1. The number of H-pyrrole nitrogens is 2. The summed E-state index contributed by atoms with van der Waals surface area (Å²) in [6.45, 7) is 0.511. The number of hydrogen-bond acceptors (Lipinski definition) is 6. The van der Waals surface area contributed by atoms with Gasteiger partial charge in [-0.2, -0.15) is 0 Å². The van der Waals surface area contributed by atoms with E-state index in [4.69, 9.17) is 13.9 Å². The lowest BCUT2D eigenvalue weighted by Crippen LogP contribution is -2.02. The van der Waals surface area contributed by atoms with E-state index in [-0.39, 0.29) is 5.58 Å². The van der Waals surface area contributed by atoms with Gasteiger partial charge in [0.15, 0.2) is 28.3 Å². The molecule has 0 amide bonds. The smallest absolute Gasteiger partial charge is 0.224 e. The van der Waals surface area contributed by atoms with Crippen LogP contribution in [-0.4, -0.2) is 34.0 Å². The molecule has 6 rings (SSSR count). The van der Waals surface area contributed by atoms with Crippen LogP contribution in [0.4, 0.5) is 0 Å². The fourth-order valence-corrected chi connectivity index (χ4v) is 4.37. The van der Waals surface area contributed by atoms with Crippen molar-refractivity contribution in [2.75, 3.05) is 13.7 Å². The van der Waals surface area contributed by atoms with Crippen molar-refractivity contribution in [2.24, 2.45) is 0 Å². The molecule has 6 aromatic rings. The number of aromatic hydroxyl groups is 1. The molecule has 0 fully saturated rings. The first-order valence-electron chi connectivity index (χ1n) is 11.1. The molecule has 0 saturated carbocycles. The molecule has 3 N–H and O–H groups in total. The maximum Gasteiger partial charge on any atom is 0.224 e. The molecule has 3 heterocycles. The standard InChI is InChI=1S/C27H21N3O5/c1-33-21-13-16(7-10-20(21)34-12-11-15-5-3-2-4-6-15)22-18-14-28-30-27(18)29-23-17-8-9-19(31)24(32)25(17)35-26(22)23/h2-10,13-14,32H,11-12H2,1H3,(H2,28,29,30). The Bertz CT molecular complexity index is 1750. The highest BCUT2D eigenvalue weighted by Crippen LogP contribution is 2.42. The Morgan fingerprint density at radius 3 is 2.69 bits per heavy atom. The average Bonchev–Trinajstić information content (AvgIpc) is 3.50. The number of phenolic OH excluding ortho intramolecular Hbond substituents is 1. The maximum atomic E-state index is 12.0. The van der Waals surface area contributed by atoms with Gasteiger partial charge in [0, 0.05) is 23.6 Å². The molecule has 0 unspecified atom stereocenters. The van der Waals surface area contributed by atoms with Gasteiger partial charge in [0.2, 0.25) is 11.2 Å². The summed E-state index contributed by atoms with van der Waals surface area (Å²) in [5.74, 6) is 0.781. The molecule has 3 aromatic heterocycles. The summed E-state index contributed by atoms with van der Waals surface area (Å²) in [5, 5.41) is 17.7. The number of aromatic amines is 2.